The Kier molecular flexibility index (Phi) is 5.08. The number of hydrogen-bond donors (Lipinski definition) is 0. The molecule has 1 atom stereocenters. The van der Waals surface area contributed by atoms with Crippen LogP contribution in [-0.4, -0.2) is 5.97 Å². The van der Waals surface area contributed by atoms with Crippen molar-refractivity contribution in [3.8, 4) is 0 Å². The van der Waals surface area contributed by atoms with Crippen molar-refractivity contribution >= 4 is 14.8 Å². The summed E-state index contributed by atoms with van der Waals surface area (Å²) >= 11 is 0. The normalized spacial score (nSPS) is 11.5. The maximum Gasteiger partial charge on any atom is 0.305 e. The molecule has 0 aromatic heterocycles. The van der Waals surface area contributed by atoms with E-state index in [1.54, 1.807) is 0 Å². The predicted octanol–water partition coefficient (Wildman–Crippen LogP) is 5.14. The van der Waals surface area contributed by atoms with E-state index in [1.807, 2.05) is 54.6 Å². The van der Waals surface area contributed by atoms with Crippen molar-refractivity contribution in [2.45, 2.75) is 12.1 Å². The van der Waals surface area contributed by atoms with Gasteiger partial charge in [-0.2, -0.15) is 0 Å². The second-order valence-corrected chi connectivity index (χ2v) is 6.70. The molecule has 0 spiro atoms. The van der Waals surface area contributed by atoms with Crippen molar-refractivity contribution in [3.05, 3.63) is 108 Å². The standard InChI is InChI=1S/C21H19O2P/c1-17(22)23-24-21(18-11-5-2-6-12-18,19-13-7-3-8-14-19)20-15-9-4-10-16-20/h2-16,24H,1H3. The molecular formula is C21H19O2P. The van der Waals surface area contributed by atoms with Crippen LogP contribution in [0.3, 0.4) is 0 Å². The first-order valence-electron chi connectivity index (χ1n) is 7.84. The fourth-order valence-electron chi connectivity index (χ4n) is 2.89. The van der Waals surface area contributed by atoms with Crippen LogP contribution in [0.5, 0.6) is 0 Å². The van der Waals surface area contributed by atoms with E-state index in [9.17, 15) is 4.79 Å². The molecule has 0 fully saturated rings. The first-order valence-corrected chi connectivity index (χ1v) is 8.75. The van der Waals surface area contributed by atoms with Crippen molar-refractivity contribution in [2.75, 3.05) is 0 Å². The zero-order chi connectivity index (χ0) is 16.8. The molecule has 24 heavy (non-hydrogen) atoms. The minimum atomic E-state index is -0.505. The number of rotatable bonds is 5. The van der Waals surface area contributed by atoms with Gasteiger partial charge in [-0.3, -0.25) is 4.79 Å². The summed E-state index contributed by atoms with van der Waals surface area (Å²) in [5, 5.41) is -0.505. The van der Waals surface area contributed by atoms with Gasteiger partial charge in [0.2, 0.25) is 0 Å². The summed E-state index contributed by atoms with van der Waals surface area (Å²) in [5.74, 6) is -0.263. The van der Waals surface area contributed by atoms with E-state index in [-0.39, 0.29) is 14.8 Å². The minimum absolute atomic E-state index is 0.0433. The molecule has 0 radical (unpaired) electrons. The van der Waals surface area contributed by atoms with Crippen LogP contribution < -0.4 is 0 Å². The van der Waals surface area contributed by atoms with Crippen LogP contribution in [-0.2, 0) is 14.5 Å². The first kappa shape index (κ1) is 16.4. The summed E-state index contributed by atoms with van der Waals surface area (Å²) in [6, 6.07) is 30.7. The van der Waals surface area contributed by atoms with Crippen LogP contribution in [0, 0.1) is 0 Å². The molecule has 0 heterocycles. The minimum Gasteiger partial charge on any atom is -0.447 e. The zero-order valence-corrected chi connectivity index (χ0v) is 14.5. The summed E-state index contributed by atoms with van der Waals surface area (Å²) in [6.07, 6.45) is 0. The Balaban J connectivity index is 2.26. The third kappa shape index (κ3) is 3.25. The molecule has 0 aliphatic carbocycles. The van der Waals surface area contributed by atoms with Crippen LogP contribution >= 0.6 is 8.81 Å². The maximum atomic E-state index is 11.6. The topological polar surface area (TPSA) is 26.3 Å². The molecule has 0 aliphatic rings. The van der Waals surface area contributed by atoms with Crippen molar-refractivity contribution in [2.24, 2.45) is 0 Å². The third-order valence-electron chi connectivity index (χ3n) is 3.97. The quantitative estimate of drug-likeness (QED) is 0.477. The molecule has 0 N–H and O–H groups in total. The van der Waals surface area contributed by atoms with E-state index in [0.717, 1.165) is 16.7 Å². The van der Waals surface area contributed by atoms with E-state index < -0.39 is 5.16 Å². The largest absolute Gasteiger partial charge is 0.447 e. The molecule has 0 amide bonds. The zero-order valence-electron chi connectivity index (χ0n) is 13.5. The number of hydrogen-bond acceptors (Lipinski definition) is 2. The fraction of sp³-hybridized carbons (Fsp3) is 0.0952. The van der Waals surface area contributed by atoms with E-state index in [2.05, 4.69) is 36.4 Å². The molecule has 0 bridgehead atoms. The van der Waals surface area contributed by atoms with Gasteiger partial charge in [0.1, 0.15) is 0 Å². The predicted molar refractivity (Wildman–Crippen MR) is 99.3 cm³/mol. The van der Waals surface area contributed by atoms with Crippen molar-refractivity contribution in [3.63, 3.8) is 0 Å². The SMILES string of the molecule is CC(=O)OPC(c1ccccc1)(c1ccccc1)c1ccccc1. The molecule has 1 unspecified atom stereocenters. The Morgan fingerprint density at radius 2 is 1.04 bits per heavy atom. The molecule has 3 rings (SSSR count). The lowest BCUT2D eigenvalue weighted by molar-refractivity contribution is -0.131. The Labute approximate surface area is 144 Å². The third-order valence-corrected chi connectivity index (χ3v) is 5.53. The first-order chi connectivity index (χ1) is 11.7. The van der Waals surface area contributed by atoms with Crippen LogP contribution in [0.2, 0.25) is 0 Å². The molecular weight excluding hydrogens is 315 g/mol. The van der Waals surface area contributed by atoms with Gasteiger partial charge in [-0.25, -0.2) is 0 Å². The van der Waals surface area contributed by atoms with Crippen molar-refractivity contribution in [1.82, 2.24) is 0 Å². The van der Waals surface area contributed by atoms with Gasteiger partial charge in [0, 0.05) is 6.92 Å². The molecule has 120 valence electrons. The van der Waals surface area contributed by atoms with Gasteiger partial charge < -0.3 is 4.52 Å². The van der Waals surface area contributed by atoms with E-state index in [0.29, 0.717) is 0 Å². The number of carbonyl (C=O) groups excluding carboxylic acids is 1. The van der Waals surface area contributed by atoms with Gasteiger partial charge in [0.05, 0.1) is 14.0 Å². The van der Waals surface area contributed by atoms with Gasteiger partial charge in [-0.1, -0.05) is 91.0 Å². The average Bonchev–Trinajstić information content (AvgIpc) is 2.65. The summed E-state index contributed by atoms with van der Waals surface area (Å²) in [7, 11) is -0.0433. The van der Waals surface area contributed by atoms with Gasteiger partial charge >= 0.3 is 5.97 Å². The molecule has 2 nitrogen and oxygen atoms in total. The van der Waals surface area contributed by atoms with Gasteiger partial charge in [0.25, 0.3) is 0 Å². The maximum absolute atomic E-state index is 11.6. The van der Waals surface area contributed by atoms with E-state index in [4.69, 9.17) is 4.52 Å². The molecule has 0 saturated carbocycles. The highest BCUT2D eigenvalue weighted by molar-refractivity contribution is 7.35. The lowest BCUT2D eigenvalue weighted by Gasteiger charge is -2.34. The Morgan fingerprint density at radius 1 is 0.708 bits per heavy atom. The fourth-order valence-corrected chi connectivity index (χ4v) is 4.04. The molecule has 0 aliphatic heterocycles. The second-order valence-electron chi connectivity index (χ2n) is 5.54. The molecule has 3 aromatic rings. The molecule has 0 saturated heterocycles. The second kappa shape index (κ2) is 7.42. The summed E-state index contributed by atoms with van der Waals surface area (Å²) in [6.45, 7) is 1.46. The van der Waals surface area contributed by atoms with E-state index >= 15 is 0 Å². The van der Waals surface area contributed by atoms with Crippen LogP contribution in [0.15, 0.2) is 91.0 Å². The van der Waals surface area contributed by atoms with Gasteiger partial charge in [-0.15, -0.1) is 0 Å². The van der Waals surface area contributed by atoms with Gasteiger partial charge in [0.15, 0.2) is 0 Å². The van der Waals surface area contributed by atoms with Crippen LogP contribution in [0.1, 0.15) is 23.6 Å². The monoisotopic (exact) mass is 334 g/mol. The number of carbonyl (C=O) groups is 1. The summed E-state index contributed by atoms with van der Waals surface area (Å²) < 4.78 is 5.56. The van der Waals surface area contributed by atoms with Gasteiger partial charge in [-0.05, 0) is 16.7 Å². The van der Waals surface area contributed by atoms with Crippen molar-refractivity contribution < 1.29 is 9.32 Å². The lowest BCUT2D eigenvalue weighted by Crippen LogP contribution is -2.25. The smallest absolute Gasteiger partial charge is 0.305 e. The Morgan fingerprint density at radius 3 is 1.33 bits per heavy atom. The average molecular weight is 334 g/mol. The van der Waals surface area contributed by atoms with Crippen LogP contribution in [0.4, 0.5) is 0 Å². The highest BCUT2D eigenvalue weighted by atomic mass is 31.1. The van der Waals surface area contributed by atoms with Crippen molar-refractivity contribution in [1.29, 1.82) is 0 Å². The molecule has 3 aromatic carbocycles. The number of benzene rings is 3. The lowest BCUT2D eigenvalue weighted by atomic mass is 9.84. The highest BCUT2D eigenvalue weighted by Gasteiger charge is 2.38. The highest BCUT2D eigenvalue weighted by Crippen LogP contribution is 2.52. The van der Waals surface area contributed by atoms with E-state index in [1.165, 1.54) is 6.92 Å². The Bertz CT molecular complexity index is 689. The molecule has 3 heteroatoms. The Hall–Kier alpha value is -2.44. The summed E-state index contributed by atoms with van der Waals surface area (Å²) in [4.78, 5) is 11.6. The van der Waals surface area contributed by atoms with Crippen LogP contribution in [0.25, 0.3) is 0 Å². The summed E-state index contributed by atoms with van der Waals surface area (Å²) in [5.41, 5.74) is 3.34.